The molecule has 1 heterocycles. The van der Waals surface area contributed by atoms with E-state index in [0.717, 1.165) is 27.3 Å². The van der Waals surface area contributed by atoms with Crippen LogP contribution in [0.3, 0.4) is 0 Å². The quantitative estimate of drug-likeness (QED) is 0.107. The standard InChI is InChI=1S/C31H25N3O2S/c1-21-13-16-26(19-22(21)2)28-29(24-9-5-3-6-10-24)37-31(33-28)34-32-20-23-14-17-27(18-15-23)36-30(35)25-11-7-4-8-12-25/h3-20H,1-2H3,(H,33,34)/b32-20-. The van der Waals surface area contributed by atoms with Crippen molar-refractivity contribution in [3.8, 4) is 27.4 Å². The van der Waals surface area contributed by atoms with E-state index in [0.29, 0.717) is 16.4 Å². The Morgan fingerprint density at radius 3 is 2.24 bits per heavy atom. The number of benzene rings is 4. The molecule has 5 aromatic rings. The molecule has 0 radical (unpaired) electrons. The minimum atomic E-state index is -0.388. The molecule has 1 aromatic heterocycles. The molecule has 182 valence electrons. The summed E-state index contributed by atoms with van der Waals surface area (Å²) in [5, 5.41) is 5.09. The number of rotatable bonds is 7. The van der Waals surface area contributed by atoms with Crippen LogP contribution < -0.4 is 10.2 Å². The van der Waals surface area contributed by atoms with Gasteiger partial charge >= 0.3 is 5.97 Å². The third-order valence-electron chi connectivity index (χ3n) is 5.92. The van der Waals surface area contributed by atoms with Crippen LogP contribution in [-0.2, 0) is 0 Å². The van der Waals surface area contributed by atoms with Crippen LogP contribution in [0, 0.1) is 13.8 Å². The first-order valence-electron chi connectivity index (χ1n) is 11.9. The van der Waals surface area contributed by atoms with Crippen LogP contribution in [0.15, 0.2) is 108 Å². The van der Waals surface area contributed by atoms with E-state index < -0.39 is 0 Å². The first kappa shape index (κ1) is 24.2. The Kier molecular flexibility index (Phi) is 7.19. The van der Waals surface area contributed by atoms with Gasteiger partial charge < -0.3 is 4.74 Å². The Morgan fingerprint density at radius 2 is 1.54 bits per heavy atom. The fraction of sp³-hybridized carbons (Fsp3) is 0.0645. The molecule has 5 nitrogen and oxygen atoms in total. The Morgan fingerprint density at radius 1 is 0.838 bits per heavy atom. The van der Waals surface area contributed by atoms with Crippen molar-refractivity contribution in [3.63, 3.8) is 0 Å². The molecular weight excluding hydrogens is 478 g/mol. The fourth-order valence-corrected chi connectivity index (χ4v) is 4.70. The normalized spacial score (nSPS) is 11.0. The van der Waals surface area contributed by atoms with E-state index in [9.17, 15) is 4.79 Å². The van der Waals surface area contributed by atoms with Crippen LogP contribution in [0.25, 0.3) is 21.7 Å². The Balaban J connectivity index is 1.31. The van der Waals surface area contributed by atoms with Gasteiger partial charge in [0.05, 0.1) is 22.3 Å². The van der Waals surface area contributed by atoms with Crippen LogP contribution in [-0.4, -0.2) is 17.2 Å². The number of aryl methyl sites for hydroxylation is 2. The second-order valence-electron chi connectivity index (χ2n) is 8.56. The van der Waals surface area contributed by atoms with Crippen molar-refractivity contribution in [2.75, 3.05) is 5.43 Å². The predicted molar refractivity (Wildman–Crippen MR) is 152 cm³/mol. The highest BCUT2D eigenvalue weighted by Gasteiger charge is 2.15. The summed E-state index contributed by atoms with van der Waals surface area (Å²) in [6, 6.07) is 32.8. The van der Waals surface area contributed by atoms with Gasteiger partial charge in [-0.15, -0.1) is 0 Å². The molecule has 0 atom stereocenters. The Labute approximate surface area is 220 Å². The van der Waals surface area contributed by atoms with E-state index in [1.807, 2.05) is 36.4 Å². The van der Waals surface area contributed by atoms with Crippen molar-refractivity contribution in [1.29, 1.82) is 0 Å². The van der Waals surface area contributed by atoms with Crippen molar-refractivity contribution in [3.05, 3.63) is 125 Å². The Bertz CT molecular complexity index is 1540. The summed E-state index contributed by atoms with van der Waals surface area (Å²) < 4.78 is 5.44. The van der Waals surface area contributed by atoms with Gasteiger partial charge in [-0.25, -0.2) is 9.78 Å². The van der Waals surface area contributed by atoms with E-state index in [-0.39, 0.29) is 5.97 Å². The minimum absolute atomic E-state index is 0.388. The number of nitrogens with one attached hydrogen (secondary N) is 1. The van der Waals surface area contributed by atoms with Crippen LogP contribution in [0.1, 0.15) is 27.0 Å². The number of hydrazone groups is 1. The maximum Gasteiger partial charge on any atom is 0.343 e. The summed E-state index contributed by atoms with van der Waals surface area (Å²) in [5.41, 5.74) is 10.1. The molecule has 0 saturated heterocycles. The summed E-state index contributed by atoms with van der Waals surface area (Å²) in [5.74, 6) is 0.0886. The summed E-state index contributed by atoms with van der Waals surface area (Å²) >= 11 is 1.57. The van der Waals surface area contributed by atoms with E-state index in [1.165, 1.54) is 11.1 Å². The molecule has 4 aromatic carbocycles. The molecule has 0 saturated carbocycles. The number of hydrogen-bond donors (Lipinski definition) is 1. The van der Waals surface area contributed by atoms with Gasteiger partial charge in [0.25, 0.3) is 0 Å². The summed E-state index contributed by atoms with van der Waals surface area (Å²) in [6.45, 7) is 4.23. The van der Waals surface area contributed by atoms with Crippen LogP contribution >= 0.6 is 11.3 Å². The van der Waals surface area contributed by atoms with E-state index in [2.05, 4.69) is 54.7 Å². The largest absolute Gasteiger partial charge is 0.423 e. The SMILES string of the molecule is Cc1ccc(-c2nc(N/N=C\c3ccc(OC(=O)c4ccccc4)cc3)sc2-c2ccccc2)cc1C. The van der Waals surface area contributed by atoms with Gasteiger partial charge in [-0.3, -0.25) is 5.43 Å². The zero-order valence-electron chi connectivity index (χ0n) is 20.5. The third kappa shape index (κ3) is 5.82. The van der Waals surface area contributed by atoms with Gasteiger partial charge in [0.15, 0.2) is 0 Å². The maximum atomic E-state index is 12.2. The highest BCUT2D eigenvalue weighted by Crippen LogP contribution is 2.39. The number of hydrogen-bond acceptors (Lipinski definition) is 6. The van der Waals surface area contributed by atoms with Gasteiger partial charge in [0.1, 0.15) is 5.75 Å². The molecule has 5 rings (SSSR count). The van der Waals surface area contributed by atoms with E-state index >= 15 is 0 Å². The molecule has 0 aliphatic carbocycles. The molecule has 0 amide bonds. The molecule has 0 fully saturated rings. The van der Waals surface area contributed by atoms with E-state index in [1.54, 1.807) is 53.9 Å². The molecule has 0 spiro atoms. The smallest absolute Gasteiger partial charge is 0.343 e. The first-order chi connectivity index (χ1) is 18.1. The monoisotopic (exact) mass is 503 g/mol. The van der Waals surface area contributed by atoms with Crippen molar-refractivity contribution < 1.29 is 9.53 Å². The number of ether oxygens (including phenoxy) is 1. The first-order valence-corrected chi connectivity index (χ1v) is 12.7. The third-order valence-corrected chi connectivity index (χ3v) is 6.93. The van der Waals surface area contributed by atoms with Crippen molar-refractivity contribution >= 4 is 28.7 Å². The molecule has 6 heteroatoms. The molecular formula is C31H25N3O2S. The summed E-state index contributed by atoms with van der Waals surface area (Å²) in [4.78, 5) is 18.2. The lowest BCUT2D eigenvalue weighted by molar-refractivity contribution is 0.0734. The lowest BCUT2D eigenvalue weighted by atomic mass is 10.0. The van der Waals surface area contributed by atoms with Gasteiger partial charge in [0, 0.05) is 5.56 Å². The van der Waals surface area contributed by atoms with E-state index in [4.69, 9.17) is 9.72 Å². The van der Waals surface area contributed by atoms with Crippen LogP contribution in [0.2, 0.25) is 0 Å². The molecule has 0 aliphatic rings. The number of nitrogens with zero attached hydrogens (tertiary/aromatic N) is 2. The number of aromatic nitrogens is 1. The van der Waals surface area contributed by atoms with Gasteiger partial charge in [-0.1, -0.05) is 72.0 Å². The topological polar surface area (TPSA) is 63.6 Å². The number of thiazole rings is 1. The molecule has 1 N–H and O–H groups in total. The second-order valence-corrected chi connectivity index (χ2v) is 9.56. The average molecular weight is 504 g/mol. The summed E-state index contributed by atoms with van der Waals surface area (Å²) in [6.07, 6.45) is 1.71. The maximum absolute atomic E-state index is 12.2. The van der Waals surface area contributed by atoms with Crippen molar-refractivity contribution in [1.82, 2.24) is 4.98 Å². The van der Waals surface area contributed by atoms with Gasteiger partial charge in [0.2, 0.25) is 5.13 Å². The molecule has 0 unspecified atom stereocenters. The van der Waals surface area contributed by atoms with Crippen molar-refractivity contribution in [2.45, 2.75) is 13.8 Å². The lowest BCUT2D eigenvalue weighted by Gasteiger charge is -2.05. The highest BCUT2D eigenvalue weighted by atomic mass is 32.1. The number of esters is 1. The van der Waals surface area contributed by atoms with Gasteiger partial charge in [-0.2, -0.15) is 5.10 Å². The fourth-order valence-electron chi connectivity index (χ4n) is 3.76. The lowest BCUT2D eigenvalue weighted by Crippen LogP contribution is -2.08. The number of anilines is 1. The summed E-state index contributed by atoms with van der Waals surface area (Å²) in [7, 11) is 0. The Hall–Kier alpha value is -4.55. The van der Waals surface area contributed by atoms with Crippen LogP contribution in [0.4, 0.5) is 5.13 Å². The van der Waals surface area contributed by atoms with Gasteiger partial charge in [-0.05, 0) is 78.6 Å². The number of carbonyl (C=O) groups excluding carboxylic acids is 1. The second kappa shape index (κ2) is 11.0. The molecule has 0 aliphatic heterocycles. The number of carbonyl (C=O) groups is 1. The van der Waals surface area contributed by atoms with Crippen molar-refractivity contribution in [2.24, 2.45) is 5.10 Å². The predicted octanol–water partition coefficient (Wildman–Crippen LogP) is 7.76. The zero-order valence-corrected chi connectivity index (χ0v) is 21.3. The molecule has 37 heavy (non-hydrogen) atoms. The average Bonchev–Trinajstić information content (AvgIpc) is 3.36. The zero-order chi connectivity index (χ0) is 25.6. The minimum Gasteiger partial charge on any atom is -0.423 e. The highest BCUT2D eigenvalue weighted by molar-refractivity contribution is 7.19. The molecule has 0 bridgehead atoms. The van der Waals surface area contributed by atoms with Crippen LogP contribution in [0.5, 0.6) is 5.75 Å².